The monoisotopic (exact) mass is 315 g/mol. The minimum absolute atomic E-state index is 0.117. The first kappa shape index (κ1) is 16.0. The molecule has 1 unspecified atom stereocenters. The minimum atomic E-state index is -0.780. The summed E-state index contributed by atoms with van der Waals surface area (Å²) in [4.78, 5) is 12.7. The van der Waals surface area contributed by atoms with E-state index in [1.54, 1.807) is 0 Å². The lowest BCUT2D eigenvalue weighted by Gasteiger charge is -2.32. The van der Waals surface area contributed by atoms with Gasteiger partial charge in [0.2, 0.25) is 0 Å². The summed E-state index contributed by atoms with van der Waals surface area (Å²) in [5, 5.41) is 13.9. The van der Waals surface area contributed by atoms with Crippen molar-refractivity contribution in [1.82, 2.24) is 4.90 Å². The third kappa shape index (κ3) is 4.04. The van der Waals surface area contributed by atoms with Crippen molar-refractivity contribution in [3.63, 3.8) is 0 Å². The van der Waals surface area contributed by atoms with E-state index in [-0.39, 0.29) is 22.4 Å². The van der Waals surface area contributed by atoms with Gasteiger partial charge in [-0.25, -0.2) is 4.39 Å². The van der Waals surface area contributed by atoms with Crippen LogP contribution in [0.3, 0.4) is 0 Å². The molecule has 0 amide bonds. The molecule has 0 aliphatic carbocycles. The Balaban J connectivity index is 2.05. The zero-order valence-corrected chi connectivity index (χ0v) is 12.7. The Labute approximate surface area is 128 Å². The maximum atomic E-state index is 13.3. The average molecular weight is 316 g/mol. The topological polar surface area (TPSA) is 58.4 Å². The van der Waals surface area contributed by atoms with Gasteiger partial charge in [-0.1, -0.05) is 18.0 Å². The van der Waals surface area contributed by atoms with Crippen LogP contribution in [0, 0.1) is 15.9 Å². The highest BCUT2D eigenvalue weighted by molar-refractivity contribution is 6.31. The molecule has 7 heteroatoms. The van der Waals surface area contributed by atoms with Gasteiger partial charge >= 0.3 is 0 Å². The van der Waals surface area contributed by atoms with Crippen molar-refractivity contribution in [2.24, 2.45) is 0 Å². The second-order valence-electron chi connectivity index (χ2n) is 5.37. The summed E-state index contributed by atoms with van der Waals surface area (Å²) in [6.07, 6.45) is 3.63. The van der Waals surface area contributed by atoms with Gasteiger partial charge < -0.3 is 5.32 Å². The van der Waals surface area contributed by atoms with E-state index >= 15 is 0 Å². The number of benzene rings is 1. The van der Waals surface area contributed by atoms with Crippen LogP contribution >= 0.6 is 11.6 Å². The zero-order chi connectivity index (χ0) is 15.4. The van der Waals surface area contributed by atoms with E-state index in [4.69, 9.17) is 11.6 Å². The van der Waals surface area contributed by atoms with Crippen molar-refractivity contribution in [3.8, 4) is 0 Å². The lowest BCUT2D eigenvalue weighted by atomic mass is 10.1. The SMILES string of the molecule is CC(CNc1cc(Cl)c(F)cc1[N+](=O)[O-])N1CCCCC1. The summed E-state index contributed by atoms with van der Waals surface area (Å²) in [5.41, 5.74) is -0.0296. The molecule has 1 saturated heterocycles. The number of hydrogen-bond acceptors (Lipinski definition) is 4. The van der Waals surface area contributed by atoms with Gasteiger partial charge in [-0.15, -0.1) is 0 Å². The van der Waals surface area contributed by atoms with E-state index in [0.29, 0.717) is 6.54 Å². The number of nitrogens with one attached hydrogen (secondary N) is 1. The van der Waals surface area contributed by atoms with E-state index < -0.39 is 10.7 Å². The molecule has 5 nitrogen and oxygen atoms in total. The number of likely N-dealkylation sites (tertiary alicyclic amines) is 1. The second-order valence-corrected chi connectivity index (χ2v) is 5.77. The molecule has 0 saturated carbocycles. The minimum Gasteiger partial charge on any atom is -0.378 e. The van der Waals surface area contributed by atoms with Gasteiger partial charge in [-0.3, -0.25) is 15.0 Å². The summed E-state index contributed by atoms with van der Waals surface area (Å²) in [6.45, 7) is 4.74. The highest BCUT2D eigenvalue weighted by Gasteiger charge is 2.20. The van der Waals surface area contributed by atoms with E-state index in [9.17, 15) is 14.5 Å². The third-order valence-corrected chi connectivity index (χ3v) is 4.13. The third-order valence-electron chi connectivity index (χ3n) is 3.84. The van der Waals surface area contributed by atoms with Gasteiger partial charge in [-0.05, 0) is 38.9 Å². The molecule has 0 aromatic heterocycles. The fourth-order valence-corrected chi connectivity index (χ4v) is 2.74. The van der Waals surface area contributed by atoms with Crippen molar-refractivity contribution in [3.05, 3.63) is 33.1 Å². The first-order chi connectivity index (χ1) is 9.99. The van der Waals surface area contributed by atoms with Crippen LogP contribution < -0.4 is 5.32 Å². The predicted octanol–water partition coefficient (Wildman–Crippen LogP) is 3.67. The molecule has 21 heavy (non-hydrogen) atoms. The molecule has 1 atom stereocenters. The van der Waals surface area contributed by atoms with Crippen molar-refractivity contribution in [2.75, 3.05) is 25.0 Å². The first-order valence-corrected chi connectivity index (χ1v) is 7.48. The van der Waals surface area contributed by atoms with Crippen LogP contribution in [0.1, 0.15) is 26.2 Å². The Morgan fingerprint density at radius 3 is 2.71 bits per heavy atom. The molecule has 1 fully saturated rings. The Kier molecular flexibility index (Phi) is 5.36. The largest absolute Gasteiger partial charge is 0.378 e. The zero-order valence-electron chi connectivity index (χ0n) is 11.9. The molecule has 1 aliphatic rings. The average Bonchev–Trinajstić information content (AvgIpc) is 2.48. The fourth-order valence-electron chi connectivity index (χ4n) is 2.57. The van der Waals surface area contributed by atoms with E-state index in [2.05, 4.69) is 17.1 Å². The molecule has 1 N–H and O–H groups in total. The van der Waals surface area contributed by atoms with Crippen molar-refractivity contribution >= 4 is 23.0 Å². The van der Waals surface area contributed by atoms with Crippen LogP contribution in [-0.2, 0) is 0 Å². The summed E-state index contributed by atoms with van der Waals surface area (Å²) < 4.78 is 13.3. The number of nitro groups is 1. The highest BCUT2D eigenvalue weighted by Crippen LogP contribution is 2.30. The fraction of sp³-hybridized carbons (Fsp3) is 0.571. The number of nitro benzene ring substituents is 1. The Morgan fingerprint density at radius 2 is 2.10 bits per heavy atom. The summed E-state index contributed by atoms with van der Waals surface area (Å²) >= 11 is 5.71. The predicted molar refractivity (Wildman–Crippen MR) is 81.4 cm³/mol. The number of halogens is 2. The number of rotatable bonds is 5. The van der Waals surface area contributed by atoms with Gasteiger partial charge in [0.15, 0.2) is 0 Å². The van der Waals surface area contributed by atoms with Gasteiger partial charge in [0, 0.05) is 12.6 Å². The molecule has 2 rings (SSSR count). The molecule has 0 bridgehead atoms. The Morgan fingerprint density at radius 1 is 1.43 bits per heavy atom. The maximum absolute atomic E-state index is 13.3. The van der Waals surface area contributed by atoms with Crippen LogP contribution in [0.4, 0.5) is 15.8 Å². The van der Waals surface area contributed by atoms with Crippen molar-refractivity contribution in [2.45, 2.75) is 32.2 Å². The van der Waals surface area contributed by atoms with Crippen LogP contribution in [0.2, 0.25) is 5.02 Å². The van der Waals surface area contributed by atoms with E-state index in [1.165, 1.54) is 25.3 Å². The second kappa shape index (κ2) is 7.04. The lowest BCUT2D eigenvalue weighted by Crippen LogP contribution is -2.41. The smallest absolute Gasteiger partial charge is 0.295 e. The van der Waals surface area contributed by atoms with Crippen molar-refractivity contribution in [1.29, 1.82) is 0 Å². The molecule has 0 spiro atoms. The first-order valence-electron chi connectivity index (χ1n) is 7.10. The number of piperidine rings is 1. The van der Waals surface area contributed by atoms with Crippen LogP contribution in [-0.4, -0.2) is 35.5 Å². The Bertz CT molecular complexity index is 521. The molecule has 1 aromatic rings. The summed E-state index contributed by atoms with van der Waals surface area (Å²) in [6, 6.07) is 2.39. The molecule has 116 valence electrons. The van der Waals surface area contributed by atoms with E-state index in [0.717, 1.165) is 19.2 Å². The molecule has 1 heterocycles. The lowest BCUT2D eigenvalue weighted by molar-refractivity contribution is -0.384. The molecule has 1 aromatic carbocycles. The maximum Gasteiger partial charge on any atom is 0.295 e. The van der Waals surface area contributed by atoms with Gasteiger partial charge in [0.25, 0.3) is 5.69 Å². The molecule has 0 radical (unpaired) electrons. The van der Waals surface area contributed by atoms with Gasteiger partial charge in [-0.2, -0.15) is 0 Å². The highest BCUT2D eigenvalue weighted by atomic mass is 35.5. The molecular weight excluding hydrogens is 297 g/mol. The number of hydrogen-bond donors (Lipinski definition) is 1. The Hall–Kier alpha value is -1.40. The van der Waals surface area contributed by atoms with Gasteiger partial charge in [0.05, 0.1) is 16.0 Å². The van der Waals surface area contributed by atoms with Gasteiger partial charge in [0.1, 0.15) is 11.5 Å². The molecule has 1 aliphatic heterocycles. The number of anilines is 1. The van der Waals surface area contributed by atoms with Crippen molar-refractivity contribution < 1.29 is 9.31 Å². The van der Waals surface area contributed by atoms with Crippen LogP contribution in [0.15, 0.2) is 12.1 Å². The molecular formula is C14H19ClFN3O2. The normalized spacial score (nSPS) is 17.5. The van der Waals surface area contributed by atoms with Crippen LogP contribution in [0.25, 0.3) is 0 Å². The standard InChI is InChI=1S/C14H19ClFN3O2/c1-10(18-5-3-2-4-6-18)9-17-13-7-11(15)12(16)8-14(13)19(20)21/h7-8,10,17H,2-6,9H2,1H3. The number of nitrogens with zero attached hydrogens (tertiary/aromatic N) is 2. The quantitative estimate of drug-likeness (QED) is 0.665. The van der Waals surface area contributed by atoms with E-state index in [1.807, 2.05) is 0 Å². The van der Waals surface area contributed by atoms with Crippen LogP contribution in [0.5, 0.6) is 0 Å². The summed E-state index contributed by atoms with van der Waals surface area (Å²) in [5.74, 6) is -0.780. The summed E-state index contributed by atoms with van der Waals surface area (Å²) in [7, 11) is 0.